The van der Waals surface area contributed by atoms with Gasteiger partial charge < -0.3 is 19.9 Å². The first-order chi connectivity index (χ1) is 17.1. The van der Waals surface area contributed by atoms with Crippen molar-refractivity contribution in [1.29, 1.82) is 0 Å². The summed E-state index contributed by atoms with van der Waals surface area (Å²) >= 11 is 0. The van der Waals surface area contributed by atoms with Gasteiger partial charge in [0.15, 0.2) is 0 Å². The number of nitrogens with zero attached hydrogens (tertiary/aromatic N) is 6. The van der Waals surface area contributed by atoms with Gasteiger partial charge in [-0.1, -0.05) is 36.8 Å². The lowest BCUT2D eigenvalue weighted by molar-refractivity contribution is 0.0362. The van der Waals surface area contributed by atoms with E-state index in [1.54, 1.807) is 6.33 Å². The number of morpholine rings is 1. The van der Waals surface area contributed by atoms with Gasteiger partial charge in [0.05, 0.1) is 18.9 Å². The molecule has 4 heterocycles. The molecule has 0 amide bonds. The summed E-state index contributed by atoms with van der Waals surface area (Å²) in [6, 6.07) is 8.70. The molecule has 8 heteroatoms. The average molecular weight is 476 g/mol. The lowest BCUT2D eigenvalue weighted by Gasteiger charge is -2.34. The van der Waals surface area contributed by atoms with Crippen molar-refractivity contribution in [3.63, 3.8) is 0 Å². The topological polar surface area (TPSA) is 85.3 Å². The van der Waals surface area contributed by atoms with Crippen molar-refractivity contribution in [2.45, 2.75) is 45.6 Å². The normalized spacial score (nSPS) is 17.7. The van der Waals surface area contributed by atoms with Crippen LogP contribution in [-0.4, -0.2) is 70.4 Å². The summed E-state index contributed by atoms with van der Waals surface area (Å²) in [5, 5.41) is 0. The molecule has 0 unspecified atom stereocenters. The number of ether oxygens (including phenoxy) is 1. The summed E-state index contributed by atoms with van der Waals surface area (Å²) < 4.78 is 7.94. The van der Waals surface area contributed by atoms with Crippen LogP contribution < -0.4 is 10.6 Å². The Hall–Kier alpha value is -2.97. The van der Waals surface area contributed by atoms with Crippen LogP contribution >= 0.6 is 0 Å². The zero-order valence-electron chi connectivity index (χ0n) is 21.0. The first-order valence-electron chi connectivity index (χ1n) is 12.9. The van der Waals surface area contributed by atoms with Crippen molar-refractivity contribution >= 4 is 11.6 Å². The quantitative estimate of drug-likeness (QED) is 0.560. The van der Waals surface area contributed by atoms with Crippen molar-refractivity contribution in [3.8, 4) is 11.3 Å². The van der Waals surface area contributed by atoms with Gasteiger partial charge in [-0.2, -0.15) is 0 Å². The molecule has 0 spiro atoms. The Morgan fingerprint density at radius 2 is 1.74 bits per heavy atom. The summed E-state index contributed by atoms with van der Waals surface area (Å²) in [6.07, 6.45) is 6.78. The second-order valence-corrected chi connectivity index (χ2v) is 9.67. The molecule has 2 N–H and O–H groups in total. The minimum atomic E-state index is 0.430. The Balaban J connectivity index is 1.35. The highest BCUT2D eigenvalue weighted by Gasteiger charge is 2.27. The molecule has 5 rings (SSSR count). The molecule has 2 aliphatic rings. The number of piperidine rings is 1. The van der Waals surface area contributed by atoms with Crippen molar-refractivity contribution < 1.29 is 4.74 Å². The molecule has 0 saturated carbocycles. The van der Waals surface area contributed by atoms with E-state index < -0.39 is 0 Å². The van der Waals surface area contributed by atoms with Crippen LogP contribution in [-0.2, 0) is 17.7 Å². The SMILES string of the molecule is CCc1c(N)ncnc1N1CCC(c2nc(-c3ccc(C)cc3)cn2CCN2CCOCC2)CC1. The summed E-state index contributed by atoms with van der Waals surface area (Å²) in [6.45, 7) is 11.8. The van der Waals surface area contributed by atoms with Crippen LogP contribution in [0.1, 0.15) is 42.6 Å². The Bertz CT molecular complexity index is 1110. The molecule has 2 saturated heterocycles. The van der Waals surface area contributed by atoms with Gasteiger partial charge in [-0.3, -0.25) is 4.90 Å². The first-order valence-corrected chi connectivity index (χ1v) is 12.9. The number of anilines is 2. The van der Waals surface area contributed by atoms with Gasteiger partial charge >= 0.3 is 0 Å². The van der Waals surface area contributed by atoms with E-state index in [0.717, 1.165) is 88.8 Å². The second-order valence-electron chi connectivity index (χ2n) is 9.67. The number of benzene rings is 1. The van der Waals surface area contributed by atoms with Crippen LogP contribution in [0.3, 0.4) is 0 Å². The predicted molar refractivity (Wildman–Crippen MR) is 140 cm³/mol. The van der Waals surface area contributed by atoms with E-state index in [0.29, 0.717) is 11.7 Å². The summed E-state index contributed by atoms with van der Waals surface area (Å²) in [4.78, 5) is 18.8. The molecule has 0 bridgehead atoms. The van der Waals surface area contributed by atoms with Gasteiger partial charge in [0, 0.05) is 62.5 Å². The van der Waals surface area contributed by atoms with Crippen molar-refractivity contribution in [2.24, 2.45) is 0 Å². The molecule has 3 aromatic rings. The zero-order chi connectivity index (χ0) is 24.2. The van der Waals surface area contributed by atoms with E-state index in [4.69, 9.17) is 15.5 Å². The van der Waals surface area contributed by atoms with Crippen LogP contribution in [0.15, 0.2) is 36.8 Å². The van der Waals surface area contributed by atoms with E-state index in [9.17, 15) is 0 Å². The van der Waals surface area contributed by atoms with Crippen molar-refractivity contribution in [2.75, 3.05) is 56.6 Å². The van der Waals surface area contributed by atoms with Gasteiger partial charge in [-0.25, -0.2) is 15.0 Å². The van der Waals surface area contributed by atoms with Crippen LogP contribution in [0.4, 0.5) is 11.6 Å². The number of hydrogen-bond acceptors (Lipinski definition) is 7. The lowest BCUT2D eigenvalue weighted by atomic mass is 9.95. The maximum absolute atomic E-state index is 6.14. The Morgan fingerprint density at radius 1 is 1.00 bits per heavy atom. The monoisotopic (exact) mass is 475 g/mol. The molecule has 2 aromatic heterocycles. The standard InChI is InChI=1S/C27H37N7O/c1-3-23-25(28)29-19-30-27(23)33-10-8-22(9-11-33)26-31-24(21-6-4-20(2)5-7-21)18-34(26)13-12-32-14-16-35-17-15-32/h4-7,18-19,22H,3,8-17H2,1-2H3,(H2,28,29,30). The molecule has 0 radical (unpaired) electrons. The van der Waals surface area contributed by atoms with E-state index in [1.807, 2.05) is 0 Å². The van der Waals surface area contributed by atoms with E-state index in [1.165, 1.54) is 17.0 Å². The fourth-order valence-electron chi connectivity index (χ4n) is 5.25. The van der Waals surface area contributed by atoms with E-state index in [2.05, 4.69) is 68.6 Å². The number of nitrogens with two attached hydrogens (primary N) is 1. The highest BCUT2D eigenvalue weighted by molar-refractivity contribution is 5.59. The number of nitrogen functional groups attached to an aromatic ring is 1. The molecule has 2 aliphatic heterocycles. The van der Waals surface area contributed by atoms with Crippen molar-refractivity contribution in [3.05, 3.63) is 53.7 Å². The van der Waals surface area contributed by atoms with E-state index in [-0.39, 0.29) is 0 Å². The Kier molecular flexibility index (Phi) is 7.29. The number of aromatic nitrogens is 4. The number of imidazole rings is 1. The van der Waals surface area contributed by atoms with Gasteiger partial charge in [-0.05, 0) is 26.2 Å². The highest BCUT2D eigenvalue weighted by Crippen LogP contribution is 2.33. The van der Waals surface area contributed by atoms with Crippen molar-refractivity contribution in [1.82, 2.24) is 24.4 Å². The average Bonchev–Trinajstić information content (AvgIpc) is 3.33. The maximum Gasteiger partial charge on any atom is 0.137 e. The third kappa shape index (κ3) is 5.33. The lowest BCUT2D eigenvalue weighted by Crippen LogP contribution is -2.38. The number of hydrogen-bond donors (Lipinski definition) is 1. The molecule has 2 fully saturated rings. The third-order valence-corrected chi connectivity index (χ3v) is 7.38. The zero-order valence-corrected chi connectivity index (χ0v) is 21.0. The van der Waals surface area contributed by atoms with Crippen LogP contribution in [0, 0.1) is 6.92 Å². The molecule has 0 aliphatic carbocycles. The third-order valence-electron chi connectivity index (χ3n) is 7.38. The Labute approximate surface area is 208 Å². The van der Waals surface area contributed by atoms with Crippen LogP contribution in [0.5, 0.6) is 0 Å². The van der Waals surface area contributed by atoms with Gasteiger partial charge in [0.25, 0.3) is 0 Å². The van der Waals surface area contributed by atoms with Gasteiger partial charge in [-0.15, -0.1) is 0 Å². The molecule has 1 aromatic carbocycles. The molecular formula is C27H37N7O. The van der Waals surface area contributed by atoms with Gasteiger partial charge in [0.2, 0.25) is 0 Å². The van der Waals surface area contributed by atoms with Crippen LogP contribution in [0.25, 0.3) is 11.3 Å². The predicted octanol–water partition coefficient (Wildman–Crippen LogP) is 3.51. The summed E-state index contributed by atoms with van der Waals surface area (Å²) in [5.74, 6) is 3.24. The minimum Gasteiger partial charge on any atom is -0.383 e. The summed E-state index contributed by atoms with van der Waals surface area (Å²) in [7, 11) is 0. The fraction of sp³-hybridized carbons (Fsp3) is 0.519. The highest BCUT2D eigenvalue weighted by atomic mass is 16.5. The minimum absolute atomic E-state index is 0.430. The summed E-state index contributed by atoms with van der Waals surface area (Å²) in [5.41, 5.74) is 10.7. The molecule has 0 atom stereocenters. The second kappa shape index (κ2) is 10.7. The Morgan fingerprint density at radius 3 is 2.46 bits per heavy atom. The molecule has 35 heavy (non-hydrogen) atoms. The smallest absolute Gasteiger partial charge is 0.137 e. The molecule has 8 nitrogen and oxygen atoms in total. The fourth-order valence-corrected chi connectivity index (χ4v) is 5.25. The van der Waals surface area contributed by atoms with Crippen LogP contribution in [0.2, 0.25) is 0 Å². The van der Waals surface area contributed by atoms with Gasteiger partial charge in [0.1, 0.15) is 23.8 Å². The largest absolute Gasteiger partial charge is 0.383 e. The molecular weight excluding hydrogens is 438 g/mol. The maximum atomic E-state index is 6.14. The number of rotatable bonds is 7. The number of aryl methyl sites for hydroxylation is 1. The van der Waals surface area contributed by atoms with E-state index >= 15 is 0 Å². The molecule has 186 valence electrons. The first kappa shape index (κ1) is 23.8.